The summed E-state index contributed by atoms with van der Waals surface area (Å²) in [5.41, 5.74) is -0.516. The van der Waals surface area contributed by atoms with Crippen molar-refractivity contribution in [3.05, 3.63) is 40.7 Å². The molecule has 0 radical (unpaired) electrons. The van der Waals surface area contributed by atoms with Crippen molar-refractivity contribution < 1.29 is 24.1 Å². The van der Waals surface area contributed by atoms with E-state index in [2.05, 4.69) is 11.9 Å². The fourth-order valence-corrected chi connectivity index (χ4v) is 3.38. The van der Waals surface area contributed by atoms with E-state index in [1.54, 1.807) is 18.2 Å². The summed E-state index contributed by atoms with van der Waals surface area (Å²) in [6.07, 6.45) is 3.26. The van der Waals surface area contributed by atoms with Crippen molar-refractivity contribution in [2.24, 2.45) is 0 Å². The molecule has 8 heteroatoms. The summed E-state index contributed by atoms with van der Waals surface area (Å²) in [6.45, 7) is 4.78. The highest BCUT2D eigenvalue weighted by Gasteiger charge is 2.25. The molecule has 2 N–H and O–H groups in total. The van der Waals surface area contributed by atoms with Crippen LogP contribution in [-0.2, 0) is 11.3 Å². The number of benzene rings is 1. The number of carbonyl (C=O) groups excluding carboxylic acids is 1. The SMILES string of the molecule is C=CCn1c(=O)c(C(=O)NC[C@H]2CCCO2)c(O)c2cc(OC)c(OC)cc21. The van der Waals surface area contributed by atoms with E-state index in [1.807, 2.05) is 0 Å². The van der Waals surface area contributed by atoms with E-state index in [0.29, 0.717) is 29.0 Å². The van der Waals surface area contributed by atoms with E-state index in [9.17, 15) is 14.7 Å². The molecule has 0 unspecified atom stereocenters. The minimum Gasteiger partial charge on any atom is -0.506 e. The fraction of sp³-hybridized carbons (Fsp3) is 0.400. The maximum atomic E-state index is 13.0. The van der Waals surface area contributed by atoms with Crippen LogP contribution in [0.2, 0.25) is 0 Å². The number of hydrogen-bond acceptors (Lipinski definition) is 6. The summed E-state index contributed by atoms with van der Waals surface area (Å²) in [6, 6.07) is 3.13. The van der Waals surface area contributed by atoms with Crippen LogP contribution < -0.4 is 20.3 Å². The Morgan fingerprint density at radius 1 is 1.39 bits per heavy atom. The molecule has 28 heavy (non-hydrogen) atoms. The minimum absolute atomic E-state index is 0.0775. The molecule has 1 aliphatic rings. The van der Waals surface area contributed by atoms with Crippen molar-refractivity contribution in [1.29, 1.82) is 0 Å². The number of fused-ring (bicyclic) bond motifs is 1. The Morgan fingerprint density at radius 3 is 2.71 bits per heavy atom. The molecule has 1 atom stereocenters. The molecule has 8 nitrogen and oxygen atoms in total. The third-order valence-corrected chi connectivity index (χ3v) is 4.80. The molecule has 1 aliphatic heterocycles. The highest BCUT2D eigenvalue weighted by Crippen LogP contribution is 2.36. The molecule has 3 rings (SSSR count). The predicted octanol–water partition coefficient (Wildman–Crippen LogP) is 1.82. The van der Waals surface area contributed by atoms with E-state index in [0.717, 1.165) is 12.8 Å². The van der Waals surface area contributed by atoms with Crippen molar-refractivity contribution in [2.75, 3.05) is 27.4 Å². The summed E-state index contributed by atoms with van der Waals surface area (Å²) >= 11 is 0. The highest BCUT2D eigenvalue weighted by atomic mass is 16.5. The number of pyridine rings is 1. The van der Waals surface area contributed by atoms with Crippen molar-refractivity contribution in [3.63, 3.8) is 0 Å². The first kappa shape index (κ1) is 19.8. The number of rotatable bonds is 7. The van der Waals surface area contributed by atoms with Crippen LogP contribution in [0.4, 0.5) is 0 Å². The van der Waals surface area contributed by atoms with Gasteiger partial charge in [0.2, 0.25) is 0 Å². The predicted molar refractivity (Wildman–Crippen MR) is 104 cm³/mol. The lowest BCUT2D eigenvalue weighted by molar-refractivity contribution is 0.0854. The molecular weight excluding hydrogens is 364 g/mol. The number of aromatic nitrogens is 1. The smallest absolute Gasteiger partial charge is 0.268 e. The molecule has 2 heterocycles. The van der Waals surface area contributed by atoms with E-state index in [-0.39, 0.29) is 24.8 Å². The Bertz CT molecular complexity index is 960. The second-order valence-corrected chi connectivity index (χ2v) is 6.50. The van der Waals surface area contributed by atoms with Gasteiger partial charge in [-0.3, -0.25) is 9.59 Å². The van der Waals surface area contributed by atoms with Gasteiger partial charge in [-0.2, -0.15) is 0 Å². The molecule has 1 aromatic heterocycles. The van der Waals surface area contributed by atoms with Gasteiger partial charge in [0.15, 0.2) is 11.5 Å². The minimum atomic E-state index is -0.646. The van der Waals surface area contributed by atoms with Gasteiger partial charge in [0.25, 0.3) is 11.5 Å². The molecule has 0 saturated carbocycles. The third kappa shape index (κ3) is 3.55. The number of nitrogens with zero attached hydrogens (tertiary/aromatic N) is 1. The second kappa shape index (κ2) is 8.35. The lowest BCUT2D eigenvalue weighted by Crippen LogP contribution is -2.37. The summed E-state index contributed by atoms with van der Waals surface area (Å²) in [4.78, 5) is 25.7. The number of ether oxygens (including phenoxy) is 3. The molecule has 150 valence electrons. The molecular formula is C20H24N2O6. The Labute approximate surface area is 162 Å². The summed E-state index contributed by atoms with van der Waals surface area (Å²) < 4.78 is 17.4. The molecule has 1 amide bonds. The van der Waals surface area contributed by atoms with Gasteiger partial charge in [-0.15, -0.1) is 6.58 Å². The first-order chi connectivity index (χ1) is 13.5. The van der Waals surface area contributed by atoms with Crippen LogP contribution >= 0.6 is 0 Å². The summed E-state index contributed by atoms with van der Waals surface area (Å²) in [5.74, 6) is -0.263. The van der Waals surface area contributed by atoms with Crippen molar-refractivity contribution >= 4 is 16.8 Å². The molecule has 0 bridgehead atoms. The quantitative estimate of drug-likeness (QED) is 0.702. The summed E-state index contributed by atoms with van der Waals surface area (Å²) in [7, 11) is 2.95. The average Bonchev–Trinajstić information content (AvgIpc) is 3.22. The normalized spacial score (nSPS) is 16.1. The number of nitrogens with one attached hydrogen (secondary N) is 1. The lowest BCUT2D eigenvalue weighted by atomic mass is 10.1. The van der Waals surface area contributed by atoms with Gasteiger partial charge >= 0.3 is 0 Å². The van der Waals surface area contributed by atoms with Gasteiger partial charge in [0.1, 0.15) is 11.3 Å². The van der Waals surface area contributed by atoms with Crippen molar-refractivity contribution in [3.8, 4) is 17.2 Å². The van der Waals surface area contributed by atoms with E-state index < -0.39 is 17.2 Å². The molecule has 2 aromatic rings. The van der Waals surface area contributed by atoms with Gasteiger partial charge in [-0.05, 0) is 18.9 Å². The molecule has 1 aromatic carbocycles. The van der Waals surface area contributed by atoms with Crippen LogP contribution in [0, 0.1) is 0 Å². The number of carbonyl (C=O) groups is 1. The van der Waals surface area contributed by atoms with Gasteiger partial charge in [0, 0.05) is 31.1 Å². The standard InChI is InChI=1S/C20H24N2O6/c1-4-7-22-14-10-16(27-3)15(26-2)9-13(14)18(23)17(20(22)25)19(24)21-11-12-6-5-8-28-12/h4,9-10,12,23H,1,5-8,11H2,2-3H3,(H,21,24)/t12-/m1/s1. The molecule has 0 aliphatic carbocycles. The van der Waals surface area contributed by atoms with Crippen LogP contribution in [0.15, 0.2) is 29.6 Å². The fourth-order valence-electron chi connectivity index (χ4n) is 3.38. The van der Waals surface area contributed by atoms with Crippen LogP contribution in [0.25, 0.3) is 10.9 Å². The van der Waals surface area contributed by atoms with Gasteiger partial charge in [-0.1, -0.05) is 6.08 Å². The van der Waals surface area contributed by atoms with Crippen LogP contribution in [0.3, 0.4) is 0 Å². The zero-order valence-electron chi connectivity index (χ0n) is 16.0. The molecule has 0 spiro atoms. The average molecular weight is 388 g/mol. The first-order valence-corrected chi connectivity index (χ1v) is 9.04. The Hall–Kier alpha value is -3.00. The maximum absolute atomic E-state index is 13.0. The highest BCUT2D eigenvalue weighted by molar-refractivity contribution is 6.03. The van der Waals surface area contributed by atoms with Crippen molar-refractivity contribution in [1.82, 2.24) is 9.88 Å². The number of methoxy groups -OCH3 is 2. The Morgan fingerprint density at radius 2 is 2.11 bits per heavy atom. The van der Waals surface area contributed by atoms with Crippen LogP contribution in [0.1, 0.15) is 23.2 Å². The van der Waals surface area contributed by atoms with Crippen LogP contribution in [0.5, 0.6) is 17.2 Å². The summed E-state index contributed by atoms with van der Waals surface area (Å²) in [5, 5.41) is 13.7. The largest absolute Gasteiger partial charge is 0.506 e. The number of hydrogen-bond donors (Lipinski definition) is 2. The zero-order valence-corrected chi connectivity index (χ0v) is 16.0. The van der Waals surface area contributed by atoms with Gasteiger partial charge in [0.05, 0.1) is 25.8 Å². The number of allylic oxidation sites excluding steroid dienone is 1. The molecule has 1 saturated heterocycles. The van der Waals surface area contributed by atoms with E-state index >= 15 is 0 Å². The Balaban J connectivity index is 2.12. The van der Waals surface area contributed by atoms with E-state index in [4.69, 9.17) is 14.2 Å². The Kier molecular flexibility index (Phi) is 5.89. The van der Waals surface area contributed by atoms with Gasteiger partial charge < -0.3 is 29.2 Å². The van der Waals surface area contributed by atoms with Gasteiger partial charge in [-0.25, -0.2) is 0 Å². The zero-order chi connectivity index (χ0) is 20.3. The van der Waals surface area contributed by atoms with E-state index in [1.165, 1.54) is 18.8 Å². The second-order valence-electron chi connectivity index (χ2n) is 6.50. The number of aromatic hydroxyl groups is 1. The lowest BCUT2D eigenvalue weighted by Gasteiger charge is -2.17. The van der Waals surface area contributed by atoms with Crippen molar-refractivity contribution in [2.45, 2.75) is 25.5 Å². The maximum Gasteiger partial charge on any atom is 0.268 e. The number of amides is 1. The monoisotopic (exact) mass is 388 g/mol. The molecule has 1 fully saturated rings. The van der Waals surface area contributed by atoms with Crippen LogP contribution in [-0.4, -0.2) is 49.1 Å². The first-order valence-electron chi connectivity index (χ1n) is 9.04. The third-order valence-electron chi connectivity index (χ3n) is 4.80. The topological polar surface area (TPSA) is 99.0 Å².